The van der Waals surface area contributed by atoms with E-state index in [1.165, 1.54) is 6.33 Å². The molecule has 2 N–H and O–H groups in total. The fourth-order valence-electron chi connectivity index (χ4n) is 1.20. The molecule has 15 heavy (non-hydrogen) atoms. The van der Waals surface area contributed by atoms with Crippen molar-refractivity contribution < 1.29 is 4.79 Å². The molecule has 0 aromatic carbocycles. The van der Waals surface area contributed by atoms with Crippen molar-refractivity contribution in [3.63, 3.8) is 0 Å². The van der Waals surface area contributed by atoms with Gasteiger partial charge in [-0.1, -0.05) is 0 Å². The number of rotatable bonds is 4. The van der Waals surface area contributed by atoms with Gasteiger partial charge < -0.3 is 5.73 Å². The number of hydrogen-bond acceptors (Lipinski definition) is 4. The second kappa shape index (κ2) is 4.10. The largest absolute Gasteiger partial charge is 0.319 e. The Labute approximate surface area is 89.7 Å². The van der Waals surface area contributed by atoms with Crippen LogP contribution in [-0.4, -0.2) is 26.1 Å². The quantitative estimate of drug-likeness (QED) is 0.794. The van der Waals surface area contributed by atoms with Gasteiger partial charge in [0.2, 0.25) is 0 Å². The highest BCUT2D eigenvalue weighted by molar-refractivity contribution is 5.88. The Hall–Kier alpha value is -1.23. The second-order valence-electron chi connectivity index (χ2n) is 4.54. The highest BCUT2D eigenvalue weighted by Crippen LogP contribution is 2.09. The fourth-order valence-corrected chi connectivity index (χ4v) is 1.20. The predicted octanol–water partition coefficient (Wildman–Crippen LogP) is 0.708. The topological polar surface area (TPSA) is 73.8 Å². The molecule has 0 atom stereocenters. The van der Waals surface area contributed by atoms with Gasteiger partial charge in [0.05, 0.1) is 12.0 Å². The lowest BCUT2D eigenvalue weighted by Crippen LogP contribution is -2.42. The summed E-state index contributed by atoms with van der Waals surface area (Å²) in [7, 11) is 0. The molecule has 0 radical (unpaired) electrons. The van der Waals surface area contributed by atoms with Crippen LogP contribution in [0.3, 0.4) is 0 Å². The van der Waals surface area contributed by atoms with E-state index in [1.807, 2.05) is 13.8 Å². The van der Waals surface area contributed by atoms with Crippen molar-refractivity contribution in [2.75, 3.05) is 0 Å². The average Bonchev–Trinajstić information content (AvgIpc) is 2.50. The van der Waals surface area contributed by atoms with Crippen LogP contribution in [0.4, 0.5) is 0 Å². The zero-order chi connectivity index (χ0) is 11.6. The van der Waals surface area contributed by atoms with Crippen LogP contribution >= 0.6 is 0 Å². The van der Waals surface area contributed by atoms with E-state index in [2.05, 4.69) is 10.1 Å². The molecular formula is C10H18N4O. The van der Waals surface area contributed by atoms with E-state index >= 15 is 0 Å². The number of nitrogens with two attached hydrogens (primary N) is 1. The zero-order valence-corrected chi connectivity index (χ0v) is 9.69. The van der Waals surface area contributed by atoms with Crippen LogP contribution in [0.15, 0.2) is 6.33 Å². The van der Waals surface area contributed by atoms with Gasteiger partial charge in [-0.2, -0.15) is 5.10 Å². The minimum atomic E-state index is -0.812. The number of nitrogens with zero attached hydrogens (tertiary/aromatic N) is 3. The van der Waals surface area contributed by atoms with Crippen LogP contribution in [-0.2, 0) is 11.2 Å². The maximum absolute atomic E-state index is 11.7. The molecule has 84 valence electrons. The standard InChI is InChI=1S/C10H18N4O/c1-7(2)14-9(12-6-13-14)5-8(15)10(3,4)11/h6-7H,5,11H2,1-4H3. The lowest BCUT2D eigenvalue weighted by atomic mass is 9.98. The first kappa shape index (κ1) is 11.8. The van der Waals surface area contributed by atoms with Gasteiger partial charge in [0.1, 0.15) is 12.2 Å². The molecule has 0 spiro atoms. The predicted molar refractivity (Wildman–Crippen MR) is 57.4 cm³/mol. The van der Waals surface area contributed by atoms with Crippen LogP contribution < -0.4 is 5.73 Å². The lowest BCUT2D eigenvalue weighted by molar-refractivity contribution is -0.122. The fraction of sp³-hybridized carbons (Fsp3) is 0.700. The molecule has 1 rings (SSSR count). The van der Waals surface area contributed by atoms with Crippen molar-refractivity contribution in [1.29, 1.82) is 0 Å². The normalized spacial score (nSPS) is 12.1. The average molecular weight is 210 g/mol. The number of ketones is 1. The Bertz CT molecular complexity index is 349. The monoisotopic (exact) mass is 210 g/mol. The van der Waals surface area contributed by atoms with Gasteiger partial charge in [-0.15, -0.1) is 0 Å². The number of carbonyl (C=O) groups excluding carboxylic acids is 1. The molecule has 0 aliphatic heterocycles. The third kappa shape index (κ3) is 2.86. The Morgan fingerprint density at radius 1 is 1.60 bits per heavy atom. The maximum Gasteiger partial charge on any atom is 0.159 e. The summed E-state index contributed by atoms with van der Waals surface area (Å²) >= 11 is 0. The zero-order valence-electron chi connectivity index (χ0n) is 9.69. The van der Waals surface area contributed by atoms with Crippen molar-refractivity contribution in [2.24, 2.45) is 5.73 Å². The first-order valence-electron chi connectivity index (χ1n) is 5.03. The van der Waals surface area contributed by atoms with Crippen molar-refractivity contribution in [3.8, 4) is 0 Å². The van der Waals surface area contributed by atoms with Gasteiger partial charge in [-0.25, -0.2) is 9.67 Å². The Morgan fingerprint density at radius 3 is 2.67 bits per heavy atom. The van der Waals surface area contributed by atoms with Crippen molar-refractivity contribution >= 4 is 5.78 Å². The van der Waals surface area contributed by atoms with Gasteiger partial charge in [-0.3, -0.25) is 4.79 Å². The molecule has 5 nitrogen and oxygen atoms in total. The number of carbonyl (C=O) groups is 1. The number of aromatic nitrogens is 3. The van der Waals surface area contributed by atoms with Crippen LogP contribution in [0.5, 0.6) is 0 Å². The summed E-state index contributed by atoms with van der Waals surface area (Å²) in [5.74, 6) is 0.644. The van der Waals surface area contributed by atoms with E-state index in [4.69, 9.17) is 5.73 Å². The third-order valence-corrected chi connectivity index (χ3v) is 2.17. The summed E-state index contributed by atoms with van der Waals surface area (Å²) in [4.78, 5) is 15.8. The van der Waals surface area contributed by atoms with Crippen LogP contribution in [0, 0.1) is 0 Å². The first-order valence-corrected chi connectivity index (χ1v) is 5.03. The van der Waals surface area contributed by atoms with E-state index in [-0.39, 0.29) is 18.2 Å². The Kier molecular flexibility index (Phi) is 3.24. The van der Waals surface area contributed by atoms with Crippen LogP contribution in [0.1, 0.15) is 39.6 Å². The minimum absolute atomic E-state index is 0.0302. The van der Waals surface area contributed by atoms with Gasteiger partial charge in [0, 0.05) is 6.04 Å². The molecule has 0 aliphatic rings. The van der Waals surface area contributed by atoms with Crippen molar-refractivity contribution in [3.05, 3.63) is 12.2 Å². The molecule has 1 heterocycles. The van der Waals surface area contributed by atoms with E-state index in [1.54, 1.807) is 18.5 Å². The molecule has 0 unspecified atom stereocenters. The van der Waals surface area contributed by atoms with E-state index in [0.717, 1.165) is 0 Å². The Balaban J connectivity index is 2.82. The lowest BCUT2D eigenvalue weighted by Gasteiger charge is -2.17. The SMILES string of the molecule is CC(C)n1ncnc1CC(=O)C(C)(C)N. The minimum Gasteiger partial charge on any atom is -0.319 e. The molecule has 0 bridgehead atoms. The van der Waals surface area contributed by atoms with Crippen molar-refractivity contribution in [2.45, 2.75) is 45.7 Å². The van der Waals surface area contributed by atoms with E-state index < -0.39 is 5.54 Å². The number of Topliss-reactive ketones (excluding diaryl/α,β-unsaturated/α-hetero) is 1. The van der Waals surface area contributed by atoms with E-state index in [9.17, 15) is 4.79 Å². The molecule has 0 saturated heterocycles. The summed E-state index contributed by atoms with van der Waals surface area (Å²) in [5, 5.41) is 4.06. The van der Waals surface area contributed by atoms with Gasteiger partial charge in [0.25, 0.3) is 0 Å². The Morgan fingerprint density at radius 2 is 2.20 bits per heavy atom. The third-order valence-electron chi connectivity index (χ3n) is 2.17. The number of hydrogen-bond donors (Lipinski definition) is 1. The maximum atomic E-state index is 11.7. The molecule has 0 amide bonds. The second-order valence-corrected chi connectivity index (χ2v) is 4.54. The highest BCUT2D eigenvalue weighted by Gasteiger charge is 2.24. The van der Waals surface area contributed by atoms with Gasteiger partial charge in [0.15, 0.2) is 5.78 Å². The van der Waals surface area contributed by atoms with Gasteiger partial charge in [-0.05, 0) is 27.7 Å². The summed E-state index contributed by atoms with van der Waals surface area (Å²) in [5.41, 5.74) is 4.90. The summed E-state index contributed by atoms with van der Waals surface area (Å²) < 4.78 is 1.74. The molecule has 1 aromatic rings. The molecular weight excluding hydrogens is 192 g/mol. The van der Waals surface area contributed by atoms with Crippen LogP contribution in [0.25, 0.3) is 0 Å². The first-order chi connectivity index (χ1) is 6.82. The summed E-state index contributed by atoms with van der Waals surface area (Å²) in [6.07, 6.45) is 1.70. The molecule has 5 heteroatoms. The smallest absolute Gasteiger partial charge is 0.159 e. The van der Waals surface area contributed by atoms with Gasteiger partial charge >= 0.3 is 0 Å². The van der Waals surface area contributed by atoms with Crippen molar-refractivity contribution in [1.82, 2.24) is 14.8 Å². The molecule has 0 aliphatic carbocycles. The molecule has 0 saturated carbocycles. The van der Waals surface area contributed by atoms with E-state index in [0.29, 0.717) is 5.82 Å². The summed E-state index contributed by atoms with van der Waals surface area (Å²) in [6.45, 7) is 7.39. The molecule has 0 fully saturated rings. The summed E-state index contributed by atoms with van der Waals surface area (Å²) in [6, 6.07) is 0.205. The highest BCUT2D eigenvalue weighted by atomic mass is 16.1. The molecule has 1 aromatic heterocycles. The van der Waals surface area contributed by atoms with Crippen LogP contribution in [0.2, 0.25) is 0 Å².